The van der Waals surface area contributed by atoms with E-state index in [1.54, 1.807) is 0 Å². The minimum absolute atomic E-state index is 0.0140. The standard InChI is InChI=1S/C30H35F7/c1-2-3-18-4-6-19(7-5-18)8-9-20-10-12-21(13-11-20)22-14-24(31)28(25(32)15-22)23-16-26(33)29(27(34)17-23)30(35,36)37/h14-21H,2-13H2,1H3. The van der Waals surface area contributed by atoms with E-state index in [2.05, 4.69) is 6.92 Å². The van der Waals surface area contributed by atoms with Gasteiger partial charge in [-0.3, -0.25) is 0 Å². The van der Waals surface area contributed by atoms with Crippen LogP contribution in [0.1, 0.15) is 101 Å². The molecule has 2 aromatic rings. The van der Waals surface area contributed by atoms with Gasteiger partial charge in [-0.05, 0) is 84.7 Å². The Morgan fingerprint density at radius 1 is 0.622 bits per heavy atom. The quantitative estimate of drug-likeness (QED) is 0.314. The van der Waals surface area contributed by atoms with Crippen molar-refractivity contribution in [1.29, 1.82) is 0 Å². The summed E-state index contributed by atoms with van der Waals surface area (Å²) >= 11 is 0. The SMILES string of the molecule is CCCC1CCC(CCC2CCC(c3cc(F)c(-c4cc(F)c(C(F)(F)F)c(F)c4)c(F)c3)CC2)CC1. The first-order chi connectivity index (χ1) is 17.6. The van der Waals surface area contributed by atoms with Gasteiger partial charge in [0, 0.05) is 0 Å². The van der Waals surface area contributed by atoms with E-state index in [4.69, 9.17) is 0 Å². The molecule has 2 aliphatic rings. The topological polar surface area (TPSA) is 0 Å². The maximum Gasteiger partial charge on any atom is 0.422 e. The molecule has 0 aliphatic heterocycles. The van der Waals surface area contributed by atoms with Crippen LogP contribution in [0.25, 0.3) is 11.1 Å². The number of hydrogen-bond donors (Lipinski definition) is 0. The fourth-order valence-corrected chi connectivity index (χ4v) is 6.57. The average molecular weight is 529 g/mol. The van der Waals surface area contributed by atoms with Crippen LogP contribution in [0.5, 0.6) is 0 Å². The third kappa shape index (κ3) is 6.69. The summed E-state index contributed by atoms with van der Waals surface area (Å²) in [4.78, 5) is 0. The predicted octanol–water partition coefficient (Wildman–Crippen LogP) is 10.6. The molecule has 0 radical (unpaired) electrons. The molecule has 0 unspecified atom stereocenters. The first-order valence-electron chi connectivity index (χ1n) is 13.6. The highest BCUT2D eigenvalue weighted by Crippen LogP contribution is 2.42. The van der Waals surface area contributed by atoms with Crippen LogP contribution in [0.2, 0.25) is 0 Å². The van der Waals surface area contributed by atoms with E-state index in [-0.39, 0.29) is 5.92 Å². The van der Waals surface area contributed by atoms with Gasteiger partial charge in [-0.25, -0.2) is 17.6 Å². The van der Waals surface area contributed by atoms with Gasteiger partial charge in [0.05, 0.1) is 5.56 Å². The lowest BCUT2D eigenvalue weighted by atomic mass is 9.74. The molecule has 37 heavy (non-hydrogen) atoms. The highest BCUT2D eigenvalue weighted by atomic mass is 19.4. The van der Waals surface area contributed by atoms with Gasteiger partial charge in [-0.1, -0.05) is 58.3 Å². The maximum atomic E-state index is 14.9. The second-order valence-corrected chi connectivity index (χ2v) is 11.1. The van der Waals surface area contributed by atoms with Gasteiger partial charge < -0.3 is 0 Å². The van der Waals surface area contributed by atoms with E-state index < -0.39 is 46.1 Å². The van der Waals surface area contributed by atoms with Crippen LogP contribution in [0, 0.1) is 41.0 Å². The maximum absolute atomic E-state index is 14.9. The molecule has 2 aromatic carbocycles. The Balaban J connectivity index is 1.36. The molecule has 0 aromatic heterocycles. The summed E-state index contributed by atoms with van der Waals surface area (Å²) < 4.78 is 96.3. The number of benzene rings is 2. The van der Waals surface area contributed by atoms with Crippen LogP contribution in [-0.4, -0.2) is 0 Å². The molecule has 0 amide bonds. The molecular weight excluding hydrogens is 493 g/mol. The van der Waals surface area contributed by atoms with Crippen LogP contribution in [0.3, 0.4) is 0 Å². The molecule has 0 bridgehead atoms. The predicted molar refractivity (Wildman–Crippen MR) is 131 cm³/mol. The Bertz CT molecular complexity index is 1010. The molecular formula is C30H35F7. The number of alkyl halides is 3. The van der Waals surface area contributed by atoms with Crippen molar-refractivity contribution in [3.8, 4) is 11.1 Å². The van der Waals surface area contributed by atoms with Crippen molar-refractivity contribution >= 4 is 0 Å². The summed E-state index contributed by atoms with van der Waals surface area (Å²) in [5.41, 5.74) is -2.91. The average Bonchev–Trinajstić information content (AvgIpc) is 2.82. The molecule has 0 saturated heterocycles. The summed E-state index contributed by atoms with van der Waals surface area (Å²) in [5, 5.41) is 0. The van der Waals surface area contributed by atoms with Crippen LogP contribution >= 0.6 is 0 Å². The van der Waals surface area contributed by atoms with Gasteiger partial charge in [0.25, 0.3) is 0 Å². The van der Waals surface area contributed by atoms with Crippen LogP contribution in [-0.2, 0) is 6.18 Å². The third-order valence-electron chi connectivity index (χ3n) is 8.64. The molecule has 0 spiro atoms. The largest absolute Gasteiger partial charge is 0.422 e. The van der Waals surface area contributed by atoms with Gasteiger partial charge >= 0.3 is 6.18 Å². The Labute approximate surface area is 214 Å². The van der Waals surface area contributed by atoms with E-state index in [1.165, 1.54) is 51.4 Å². The Kier molecular flexibility index (Phi) is 8.90. The second-order valence-electron chi connectivity index (χ2n) is 11.1. The molecule has 2 fully saturated rings. The van der Waals surface area contributed by atoms with Crippen LogP contribution in [0.15, 0.2) is 24.3 Å². The van der Waals surface area contributed by atoms with Gasteiger partial charge in [-0.15, -0.1) is 0 Å². The number of rotatable bonds is 7. The van der Waals surface area contributed by atoms with Gasteiger partial charge in [-0.2, -0.15) is 13.2 Å². The van der Waals surface area contributed by atoms with E-state index in [0.29, 0.717) is 23.6 Å². The third-order valence-corrected chi connectivity index (χ3v) is 8.64. The lowest BCUT2D eigenvalue weighted by molar-refractivity contribution is -0.142. The molecule has 0 nitrogen and oxygen atoms in total. The molecule has 0 N–H and O–H groups in total. The number of hydrogen-bond acceptors (Lipinski definition) is 0. The minimum Gasteiger partial charge on any atom is -0.206 e. The zero-order valence-corrected chi connectivity index (χ0v) is 21.2. The first-order valence-corrected chi connectivity index (χ1v) is 13.6. The molecule has 2 saturated carbocycles. The fourth-order valence-electron chi connectivity index (χ4n) is 6.57. The summed E-state index contributed by atoms with van der Waals surface area (Å²) in [6.07, 6.45) is 8.80. The van der Waals surface area contributed by atoms with Crippen molar-refractivity contribution in [3.63, 3.8) is 0 Å². The molecule has 2 aliphatic carbocycles. The van der Waals surface area contributed by atoms with Crippen molar-refractivity contribution < 1.29 is 30.7 Å². The van der Waals surface area contributed by atoms with Crippen molar-refractivity contribution in [2.75, 3.05) is 0 Å². The van der Waals surface area contributed by atoms with Crippen molar-refractivity contribution in [2.45, 2.75) is 96.1 Å². The van der Waals surface area contributed by atoms with Crippen molar-refractivity contribution in [1.82, 2.24) is 0 Å². The summed E-state index contributed by atoms with van der Waals surface area (Å²) in [5.74, 6) is -3.54. The molecule has 0 atom stereocenters. The van der Waals surface area contributed by atoms with Crippen LogP contribution < -0.4 is 0 Å². The second kappa shape index (κ2) is 11.8. The molecule has 0 heterocycles. The lowest BCUT2D eigenvalue weighted by Gasteiger charge is -2.32. The first kappa shape index (κ1) is 28.0. The molecule has 7 heteroatoms. The molecule has 204 valence electrons. The summed E-state index contributed by atoms with van der Waals surface area (Å²) in [6, 6.07) is 2.97. The molecule has 4 rings (SSSR count). The van der Waals surface area contributed by atoms with Gasteiger partial charge in [0.2, 0.25) is 0 Å². The lowest BCUT2D eigenvalue weighted by Crippen LogP contribution is -2.18. The number of halogens is 7. The smallest absolute Gasteiger partial charge is 0.206 e. The fraction of sp³-hybridized carbons (Fsp3) is 0.600. The Hall–Kier alpha value is -2.05. The van der Waals surface area contributed by atoms with Crippen molar-refractivity contribution in [3.05, 3.63) is 58.7 Å². The normalized spacial score (nSPS) is 24.9. The van der Waals surface area contributed by atoms with E-state index in [1.807, 2.05) is 0 Å². The van der Waals surface area contributed by atoms with E-state index in [0.717, 1.165) is 49.7 Å². The zero-order chi connectivity index (χ0) is 26.7. The van der Waals surface area contributed by atoms with Gasteiger partial charge in [0.1, 0.15) is 28.8 Å². The van der Waals surface area contributed by atoms with Gasteiger partial charge in [0.15, 0.2) is 0 Å². The van der Waals surface area contributed by atoms with Crippen LogP contribution in [0.4, 0.5) is 30.7 Å². The summed E-state index contributed by atoms with van der Waals surface area (Å²) in [7, 11) is 0. The summed E-state index contributed by atoms with van der Waals surface area (Å²) in [6.45, 7) is 2.25. The Morgan fingerprint density at radius 2 is 1.05 bits per heavy atom. The zero-order valence-electron chi connectivity index (χ0n) is 21.2. The van der Waals surface area contributed by atoms with E-state index in [9.17, 15) is 30.7 Å². The minimum atomic E-state index is -5.25. The monoisotopic (exact) mass is 528 g/mol. The highest BCUT2D eigenvalue weighted by Gasteiger charge is 2.38. The van der Waals surface area contributed by atoms with E-state index >= 15 is 0 Å². The van der Waals surface area contributed by atoms with Crippen molar-refractivity contribution in [2.24, 2.45) is 17.8 Å². The highest BCUT2D eigenvalue weighted by molar-refractivity contribution is 5.66. The Morgan fingerprint density at radius 3 is 1.49 bits per heavy atom.